The molecule has 3 nitrogen and oxygen atoms in total. The Hall–Kier alpha value is -2.03. The van der Waals surface area contributed by atoms with Gasteiger partial charge in [0.05, 0.1) is 17.6 Å². The highest BCUT2D eigenvalue weighted by molar-refractivity contribution is 5.83. The fourth-order valence-electron chi connectivity index (χ4n) is 2.59. The topological polar surface area (TPSA) is 19.4 Å². The third-order valence-corrected chi connectivity index (χ3v) is 3.73. The predicted octanol–water partition coefficient (Wildman–Crippen LogP) is 3.32. The molecule has 1 aliphatic heterocycles. The van der Waals surface area contributed by atoms with Crippen molar-refractivity contribution in [1.82, 2.24) is 4.98 Å². The normalized spacial score (nSPS) is 18.1. The van der Waals surface area contributed by atoms with E-state index in [-0.39, 0.29) is 0 Å². The molecule has 3 heteroatoms. The monoisotopic (exact) mass is 239 g/mol. The molecular weight excluding hydrogens is 222 g/mol. The van der Waals surface area contributed by atoms with Crippen molar-refractivity contribution in [2.24, 2.45) is 0 Å². The summed E-state index contributed by atoms with van der Waals surface area (Å²) >= 11 is 0. The summed E-state index contributed by atoms with van der Waals surface area (Å²) in [6.07, 6.45) is 4.10. The van der Waals surface area contributed by atoms with Crippen molar-refractivity contribution >= 4 is 17.1 Å². The first-order chi connectivity index (χ1) is 8.70. The Bertz CT molecular complexity index is 579. The van der Waals surface area contributed by atoms with Gasteiger partial charge in [0.15, 0.2) is 0 Å². The lowest BCUT2D eigenvalue weighted by Gasteiger charge is -2.28. The van der Waals surface area contributed by atoms with Crippen LogP contribution in [0.25, 0.3) is 0 Å². The standard InChI is InChI=1S/C15H17N3/c1-11-6-4-5-7-13(11)18-12(2)17(3)15-10-16-9-8-14(15)18/h4-10,12H,1-3H3/t12-/m0/s1. The van der Waals surface area contributed by atoms with E-state index < -0.39 is 0 Å². The lowest BCUT2D eigenvalue weighted by atomic mass is 10.1. The third-order valence-electron chi connectivity index (χ3n) is 3.73. The molecule has 0 radical (unpaired) electrons. The first-order valence-corrected chi connectivity index (χ1v) is 6.22. The van der Waals surface area contributed by atoms with E-state index >= 15 is 0 Å². The second-order valence-corrected chi connectivity index (χ2v) is 4.76. The van der Waals surface area contributed by atoms with Crippen LogP contribution in [0, 0.1) is 6.92 Å². The summed E-state index contributed by atoms with van der Waals surface area (Å²) in [5.74, 6) is 0. The number of fused-ring (bicyclic) bond motifs is 1. The van der Waals surface area contributed by atoms with Gasteiger partial charge in [0.1, 0.15) is 6.17 Å². The van der Waals surface area contributed by atoms with Crippen LogP contribution in [-0.2, 0) is 0 Å². The van der Waals surface area contributed by atoms with Crippen molar-refractivity contribution in [3.8, 4) is 0 Å². The maximum atomic E-state index is 4.22. The first-order valence-electron chi connectivity index (χ1n) is 6.22. The van der Waals surface area contributed by atoms with Gasteiger partial charge in [0.25, 0.3) is 0 Å². The number of anilines is 3. The van der Waals surface area contributed by atoms with Crippen LogP contribution in [0.3, 0.4) is 0 Å². The summed E-state index contributed by atoms with van der Waals surface area (Å²) < 4.78 is 0. The average Bonchev–Trinajstić information content (AvgIpc) is 2.64. The smallest absolute Gasteiger partial charge is 0.103 e. The molecule has 0 unspecified atom stereocenters. The molecule has 2 heterocycles. The minimum absolute atomic E-state index is 0.310. The number of nitrogens with zero attached hydrogens (tertiary/aromatic N) is 3. The summed E-state index contributed by atoms with van der Waals surface area (Å²) in [6.45, 7) is 4.37. The van der Waals surface area contributed by atoms with Gasteiger partial charge in [-0.25, -0.2) is 0 Å². The van der Waals surface area contributed by atoms with Gasteiger partial charge in [0.2, 0.25) is 0 Å². The molecule has 0 fully saturated rings. The van der Waals surface area contributed by atoms with Crippen LogP contribution in [0.1, 0.15) is 12.5 Å². The number of hydrogen-bond acceptors (Lipinski definition) is 3. The molecule has 1 atom stereocenters. The van der Waals surface area contributed by atoms with E-state index in [9.17, 15) is 0 Å². The van der Waals surface area contributed by atoms with Crippen LogP contribution >= 0.6 is 0 Å². The van der Waals surface area contributed by atoms with E-state index in [1.165, 1.54) is 22.6 Å². The van der Waals surface area contributed by atoms with Gasteiger partial charge < -0.3 is 9.80 Å². The van der Waals surface area contributed by atoms with Crippen LogP contribution in [-0.4, -0.2) is 18.2 Å². The predicted molar refractivity (Wildman–Crippen MR) is 75.4 cm³/mol. The Kier molecular flexibility index (Phi) is 2.47. The number of para-hydroxylation sites is 1. The molecule has 0 saturated carbocycles. The Morgan fingerprint density at radius 3 is 2.61 bits per heavy atom. The summed E-state index contributed by atoms with van der Waals surface area (Å²) in [5.41, 5.74) is 4.98. The van der Waals surface area contributed by atoms with Gasteiger partial charge in [-0.3, -0.25) is 4.98 Å². The van der Waals surface area contributed by atoms with E-state index in [0.29, 0.717) is 6.17 Å². The van der Waals surface area contributed by atoms with Gasteiger partial charge in [-0.1, -0.05) is 18.2 Å². The molecule has 1 aromatic heterocycles. The van der Waals surface area contributed by atoms with Crippen LogP contribution in [0.15, 0.2) is 42.7 Å². The molecule has 1 aromatic carbocycles. The molecule has 0 N–H and O–H groups in total. The quantitative estimate of drug-likeness (QED) is 0.761. The summed E-state index contributed by atoms with van der Waals surface area (Å²) in [6, 6.07) is 10.6. The largest absolute Gasteiger partial charge is 0.351 e. The highest BCUT2D eigenvalue weighted by Gasteiger charge is 2.31. The SMILES string of the molecule is Cc1ccccc1N1c2ccncc2N(C)[C@@H]1C. The van der Waals surface area contributed by atoms with Crippen LogP contribution < -0.4 is 9.80 Å². The van der Waals surface area contributed by atoms with Gasteiger partial charge in [-0.05, 0) is 31.5 Å². The van der Waals surface area contributed by atoms with Gasteiger partial charge in [0, 0.05) is 18.9 Å². The molecule has 3 rings (SSSR count). The van der Waals surface area contributed by atoms with Crippen molar-refractivity contribution in [3.63, 3.8) is 0 Å². The van der Waals surface area contributed by atoms with Crippen LogP contribution in [0.4, 0.5) is 17.1 Å². The zero-order valence-corrected chi connectivity index (χ0v) is 11.0. The Labute approximate surface area is 108 Å². The maximum absolute atomic E-state index is 4.22. The highest BCUT2D eigenvalue weighted by Crippen LogP contribution is 2.43. The zero-order chi connectivity index (χ0) is 12.7. The fourth-order valence-corrected chi connectivity index (χ4v) is 2.59. The van der Waals surface area contributed by atoms with E-state index in [1.807, 2.05) is 12.4 Å². The van der Waals surface area contributed by atoms with Crippen molar-refractivity contribution < 1.29 is 0 Å². The second-order valence-electron chi connectivity index (χ2n) is 4.76. The van der Waals surface area contributed by atoms with Crippen molar-refractivity contribution in [3.05, 3.63) is 48.3 Å². The Balaban J connectivity index is 2.16. The zero-order valence-electron chi connectivity index (χ0n) is 11.0. The van der Waals surface area contributed by atoms with Crippen molar-refractivity contribution in [2.75, 3.05) is 16.8 Å². The third kappa shape index (κ3) is 1.47. The van der Waals surface area contributed by atoms with Crippen molar-refractivity contribution in [2.45, 2.75) is 20.0 Å². The highest BCUT2D eigenvalue weighted by atomic mass is 15.4. The number of hydrogen-bond donors (Lipinski definition) is 0. The van der Waals surface area contributed by atoms with Crippen molar-refractivity contribution in [1.29, 1.82) is 0 Å². The van der Waals surface area contributed by atoms with Crippen LogP contribution in [0.5, 0.6) is 0 Å². The molecule has 18 heavy (non-hydrogen) atoms. The number of rotatable bonds is 1. The Morgan fingerprint density at radius 1 is 1.06 bits per heavy atom. The molecule has 0 spiro atoms. The minimum Gasteiger partial charge on any atom is -0.351 e. The summed E-state index contributed by atoms with van der Waals surface area (Å²) in [4.78, 5) is 8.85. The number of aromatic nitrogens is 1. The summed E-state index contributed by atoms with van der Waals surface area (Å²) in [7, 11) is 2.11. The molecule has 2 aromatic rings. The van der Waals surface area contributed by atoms with E-state index in [0.717, 1.165) is 0 Å². The number of pyridine rings is 1. The molecule has 92 valence electrons. The van der Waals surface area contributed by atoms with Gasteiger partial charge in [-0.15, -0.1) is 0 Å². The molecule has 1 aliphatic rings. The molecule has 0 aliphatic carbocycles. The van der Waals surface area contributed by atoms with Gasteiger partial charge >= 0.3 is 0 Å². The molecule has 0 amide bonds. The number of aryl methyl sites for hydroxylation is 1. The maximum Gasteiger partial charge on any atom is 0.103 e. The number of benzene rings is 1. The molecule has 0 saturated heterocycles. The lowest BCUT2D eigenvalue weighted by molar-refractivity contribution is 0.732. The molecular formula is C15H17N3. The van der Waals surface area contributed by atoms with E-state index in [2.05, 4.69) is 66.0 Å². The fraction of sp³-hybridized carbons (Fsp3) is 0.267. The lowest BCUT2D eigenvalue weighted by Crippen LogP contribution is -2.35. The first kappa shape index (κ1) is 11.1. The van der Waals surface area contributed by atoms with Crippen LogP contribution in [0.2, 0.25) is 0 Å². The minimum atomic E-state index is 0.310. The molecule has 0 bridgehead atoms. The average molecular weight is 239 g/mol. The second kappa shape index (κ2) is 4.02. The Morgan fingerprint density at radius 2 is 1.83 bits per heavy atom. The van der Waals surface area contributed by atoms with E-state index in [1.54, 1.807) is 0 Å². The summed E-state index contributed by atoms with van der Waals surface area (Å²) in [5, 5.41) is 0. The van der Waals surface area contributed by atoms with Gasteiger partial charge in [-0.2, -0.15) is 0 Å². The van der Waals surface area contributed by atoms with E-state index in [4.69, 9.17) is 0 Å².